The molecule has 0 radical (unpaired) electrons. The average Bonchev–Trinajstić information content (AvgIpc) is 2.20. The van der Waals surface area contributed by atoms with Crippen LogP contribution in [0.1, 0.15) is 12.5 Å². The van der Waals surface area contributed by atoms with Crippen LogP contribution < -0.4 is 4.72 Å². The van der Waals surface area contributed by atoms with Crippen LogP contribution in [0.2, 0.25) is 0 Å². The van der Waals surface area contributed by atoms with Gasteiger partial charge in [0, 0.05) is 5.69 Å². The largest absolute Gasteiger partial charge is 0.466 e. The Bertz CT molecular complexity index is 377. The summed E-state index contributed by atoms with van der Waals surface area (Å²) in [4.78, 5) is 11.1. The first-order chi connectivity index (χ1) is 7.61. The molecule has 16 heavy (non-hydrogen) atoms. The second kappa shape index (κ2) is 6.24. The number of anilines is 1. The summed E-state index contributed by atoms with van der Waals surface area (Å²) in [5.74, 6) is -0.283. The molecule has 1 aromatic rings. The van der Waals surface area contributed by atoms with Crippen LogP contribution in [0.4, 0.5) is 5.69 Å². The van der Waals surface area contributed by atoms with Gasteiger partial charge in [0.25, 0.3) is 11.3 Å². The summed E-state index contributed by atoms with van der Waals surface area (Å²) in [6, 6.07) is 6.66. The third-order valence-electron chi connectivity index (χ3n) is 1.81. The molecule has 0 bridgehead atoms. The van der Waals surface area contributed by atoms with E-state index in [0.29, 0.717) is 12.3 Å². The van der Waals surface area contributed by atoms with E-state index in [1.165, 1.54) is 0 Å². The monoisotopic (exact) mass is 243 g/mol. The molecule has 0 fully saturated rings. The molecule has 0 amide bonds. The van der Waals surface area contributed by atoms with Gasteiger partial charge in [0.2, 0.25) is 0 Å². The Labute approximate surface area is 96.2 Å². The highest BCUT2D eigenvalue weighted by molar-refractivity contribution is 7.80. The maximum atomic E-state index is 11.1. The topological polar surface area (TPSA) is 75.6 Å². The Kier molecular flexibility index (Phi) is 4.94. The Balaban J connectivity index is 2.57. The zero-order valence-electron chi connectivity index (χ0n) is 8.80. The van der Waals surface area contributed by atoms with Gasteiger partial charge in [-0.15, -0.1) is 0 Å². The second-order valence-corrected chi connectivity index (χ2v) is 3.73. The van der Waals surface area contributed by atoms with Crippen LogP contribution in [0.25, 0.3) is 0 Å². The SMILES string of the molecule is CCOC(=O)Cc1ccc(NS(=O)O)cc1. The number of hydrogen-bond acceptors (Lipinski definition) is 3. The van der Waals surface area contributed by atoms with Gasteiger partial charge in [0.05, 0.1) is 13.0 Å². The molecule has 1 atom stereocenters. The lowest BCUT2D eigenvalue weighted by molar-refractivity contribution is -0.142. The molecule has 6 heteroatoms. The highest BCUT2D eigenvalue weighted by Gasteiger charge is 2.03. The fourth-order valence-corrected chi connectivity index (χ4v) is 1.51. The molecule has 5 nitrogen and oxygen atoms in total. The zero-order chi connectivity index (χ0) is 12.0. The number of benzene rings is 1. The van der Waals surface area contributed by atoms with Crippen LogP contribution in [0.3, 0.4) is 0 Å². The molecular weight excluding hydrogens is 230 g/mol. The van der Waals surface area contributed by atoms with Crippen LogP contribution in [-0.2, 0) is 27.2 Å². The van der Waals surface area contributed by atoms with Crippen LogP contribution >= 0.6 is 0 Å². The van der Waals surface area contributed by atoms with E-state index in [1.54, 1.807) is 31.2 Å². The van der Waals surface area contributed by atoms with Gasteiger partial charge in [-0.25, -0.2) is 4.21 Å². The summed E-state index contributed by atoms with van der Waals surface area (Å²) in [7, 11) is 0. The van der Waals surface area contributed by atoms with Crippen molar-refractivity contribution in [1.29, 1.82) is 0 Å². The average molecular weight is 243 g/mol. The predicted molar refractivity (Wildman–Crippen MR) is 61.2 cm³/mol. The van der Waals surface area contributed by atoms with Crippen LogP contribution in [0.15, 0.2) is 24.3 Å². The third-order valence-corrected chi connectivity index (χ3v) is 2.22. The first-order valence-corrected chi connectivity index (χ1v) is 5.84. The molecule has 1 rings (SSSR count). The second-order valence-electron chi connectivity index (χ2n) is 3.03. The van der Waals surface area contributed by atoms with E-state index in [2.05, 4.69) is 4.72 Å². The number of carbonyl (C=O) groups excluding carboxylic acids is 1. The van der Waals surface area contributed by atoms with E-state index < -0.39 is 11.3 Å². The molecule has 1 aromatic carbocycles. The van der Waals surface area contributed by atoms with Crippen molar-refractivity contribution in [2.24, 2.45) is 0 Å². The van der Waals surface area contributed by atoms with Gasteiger partial charge < -0.3 is 4.74 Å². The number of hydrogen-bond donors (Lipinski definition) is 2. The number of esters is 1. The lowest BCUT2D eigenvalue weighted by atomic mass is 10.1. The van der Waals surface area contributed by atoms with E-state index in [-0.39, 0.29) is 12.4 Å². The van der Waals surface area contributed by atoms with Crippen molar-refractivity contribution in [1.82, 2.24) is 0 Å². The normalized spacial score (nSPS) is 11.9. The summed E-state index contributed by atoms with van der Waals surface area (Å²) < 4.78 is 26.1. The third kappa shape index (κ3) is 4.41. The quantitative estimate of drug-likeness (QED) is 0.604. The van der Waals surface area contributed by atoms with E-state index >= 15 is 0 Å². The van der Waals surface area contributed by atoms with E-state index in [4.69, 9.17) is 9.29 Å². The first-order valence-electron chi connectivity index (χ1n) is 4.74. The molecule has 88 valence electrons. The summed E-state index contributed by atoms with van der Waals surface area (Å²) >= 11 is -2.08. The Morgan fingerprint density at radius 2 is 2.06 bits per heavy atom. The van der Waals surface area contributed by atoms with Gasteiger partial charge in [0.1, 0.15) is 0 Å². The summed E-state index contributed by atoms with van der Waals surface area (Å²) in [5, 5.41) is 0. The minimum atomic E-state index is -2.08. The van der Waals surface area contributed by atoms with Gasteiger partial charge in [-0.1, -0.05) is 12.1 Å². The smallest absolute Gasteiger partial charge is 0.310 e. The molecule has 0 aliphatic carbocycles. The van der Waals surface area contributed by atoms with Gasteiger partial charge in [-0.3, -0.25) is 14.1 Å². The van der Waals surface area contributed by atoms with Crippen molar-refractivity contribution in [2.45, 2.75) is 13.3 Å². The highest BCUT2D eigenvalue weighted by Crippen LogP contribution is 2.10. The number of carbonyl (C=O) groups is 1. The van der Waals surface area contributed by atoms with Crippen molar-refractivity contribution >= 4 is 22.9 Å². The maximum absolute atomic E-state index is 11.1. The fourth-order valence-electron chi connectivity index (χ4n) is 1.17. The zero-order valence-corrected chi connectivity index (χ0v) is 9.62. The minimum absolute atomic E-state index is 0.205. The van der Waals surface area contributed by atoms with Crippen molar-refractivity contribution < 1.29 is 18.3 Å². The molecule has 0 saturated heterocycles. The van der Waals surface area contributed by atoms with Gasteiger partial charge >= 0.3 is 5.97 Å². The fraction of sp³-hybridized carbons (Fsp3) is 0.300. The molecule has 2 N–H and O–H groups in total. The molecule has 0 aromatic heterocycles. The molecule has 0 aliphatic heterocycles. The van der Waals surface area contributed by atoms with Crippen molar-refractivity contribution in [3.8, 4) is 0 Å². The highest BCUT2D eigenvalue weighted by atomic mass is 32.2. The first kappa shape index (κ1) is 12.7. The standard InChI is InChI=1S/C10H13NO4S/c1-2-15-10(12)7-8-3-5-9(6-4-8)11-16(13)14/h3-6,11H,2,7H2,1H3,(H,13,14). The van der Waals surface area contributed by atoms with Crippen molar-refractivity contribution in [3.05, 3.63) is 29.8 Å². The maximum Gasteiger partial charge on any atom is 0.310 e. The lowest BCUT2D eigenvalue weighted by Crippen LogP contribution is -2.07. The van der Waals surface area contributed by atoms with E-state index in [1.807, 2.05) is 0 Å². The van der Waals surface area contributed by atoms with E-state index in [0.717, 1.165) is 5.56 Å². The Hall–Kier alpha value is -1.40. The molecule has 0 heterocycles. The Morgan fingerprint density at radius 1 is 1.44 bits per heavy atom. The Morgan fingerprint density at radius 3 is 2.56 bits per heavy atom. The summed E-state index contributed by atoms with van der Waals surface area (Å²) in [6.45, 7) is 2.11. The number of ether oxygens (including phenoxy) is 1. The predicted octanol–water partition coefficient (Wildman–Crippen LogP) is 1.34. The van der Waals surface area contributed by atoms with E-state index in [9.17, 15) is 9.00 Å². The van der Waals surface area contributed by atoms with Gasteiger partial charge in [-0.05, 0) is 24.6 Å². The minimum Gasteiger partial charge on any atom is -0.466 e. The van der Waals surface area contributed by atoms with Crippen molar-refractivity contribution in [3.63, 3.8) is 0 Å². The van der Waals surface area contributed by atoms with Crippen LogP contribution in [0, 0.1) is 0 Å². The van der Waals surface area contributed by atoms with Crippen LogP contribution in [0.5, 0.6) is 0 Å². The van der Waals surface area contributed by atoms with Gasteiger partial charge in [-0.2, -0.15) is 0 Å². The molecule has 0 aliphatic rings. The molecule has 0 spiro atoms. The molecule has 1 unspecified atom stereocenters. The molecule has 0 saturated carbocycles. The van der Waals surface area contributed by atoms with Crippen molar-refractivity contribution in [2.75, 3.05) is 11.3 Å². The number of nitrogens with one attached hydrogen (secondary N) is 1. The number of rotatable bonds is 5. The van der Waals surface area contributed by atoms with Crippen LogP contribution in [-0.4, -0.2) is 21.3 Å². The summed E-state index contributed by atoms with van der Waals surface area (Å²) in [6.07, 6.45) is 0.205. The van der Waals surface area contributed by atoms with Gasteiger partial charge in [0.15, 0.2) is 0 Å². The lowest BCUT2D eigenvalue weighted by Gasteiger charge is -2.04. The summed E-state index contributed by atoms with van der Waals surface area (Å²) in [5.41, 5.74) is 1.32. The molecular formula is C10H13NO4S.